The lowest BCUT2D eigenvalue weighted by atomic mass is 10.1. The van der Waals surface area contributed by atoms with Gasteiger partial charge in [-0.25, -0.2) is 0 Å². The SMILES string of the molecule is CN(CCc1ccncc1)C(=O)c1ccc(N)cc1Cl. The standard InChI is InChI=1S/C15H16ClN3O/c1-19(9-6-11-4-7-18-8-5-11)15(20)13-3-2-12(17)10-14(13)16/h2-5,7-8,10H,6,9,17H2,1H3. The van der Waals surface area contributed by atoms with Gasteiger partial charge in [-0.1, -0.05) is 11.6 Å². The number of halogens is 1. The van der Waals surface area contributed by atoms with Crippen LogP contribution in [0.3, 0.4) is 0 Å². The molecule has 0 saturated heterocycles. The minimum atomic E-state index is -0.107. The lowest BCUT2D eigenvalue weighted by Gasteiger charge is -2.18. The molecule has 104 valence electrons. The molecule has 0 unspecified atom stereocenters. The number of anilines is 1. The van der Waals surface area contributed by atoms with E-state index < -0.39 is 0 Å². The maximum absolute atomic E-state index is 12.3. The molecule has 1 amide bonds. The van der Waals surface area contributed by atoms with Gasteiger partial charge in [0.2, 0.25) is 0 Å². The Labute approximate surface area is 123 Å². The molecule has 4 nitrogen and oxygen atoms in total. The number of benzene rings is 1. The molecule has 2 aromatic rings. The van der Waals surface area contributed by atoms with Crippen LogP contribution in [0.2, 0.25) is 5.02 Å². The Hall–Kier alpha value is -2.07. The minimum Gasteiger partial charge on any atom is -0.399 e. The van der Waals surface area contributed by atoms with Crippen molar-refractivity contribution < 1.29 is 4.79 Å². The normalized spacial score (nSPS) is 10.3. The van der Waals surface area contributed by atoms with Crippen molar-refractivity contribution in [3.05, 3.63) is 58.9 Å². The van der Waals surface area contributed by atoms with Crippen LogP contribution in [0.1, 0.15) is 15.9 Å². The van der Waals surface area contributed by atoms with Crippen molar-refractivity contribution >= 4 is 23.2 Å². The lowest BCUT2D eigenvalue weighted by molar-refractivity contribution is 0.0797. The summed E-state index contributed by atoms with van der Waals surface area (Å²) in [4.78, 5) is 17.9. The number of hydrogen-bond donors (Lipinski definition) is 1. The predicted molar refractivity (Wildman–Crippen MR) is 80.8 cm³/mol. The number of nitrogens with zero attached hydrogens (tertiary/aromatic N) is 2. The van der Waals surface area contributed by atoms with Crippen LogP contribution >= 0.6 is 11.6 Å². The van der Waals surface area contributed by atoms with Gasteiger partial charge < -0.3 is 10.6 Å². The number of nitrogen functional groups attached to an aromatic ring is 1. The van der Waals surface area contributed by atoms with E-state index in [9.17, 15) is 4.79 Å². The van der Waals surface area contributed by atoms with Gasteiger partial charge in [-0.2, -0.15) is 0 Å². The summed E-state index contributed by atoms with van der Waals surface area (Å²) in [6.45, 7) is 0.615. The molecule has 0 radical (unpaired) electrons. The van der Waals surface area contributed by atoms with E-state index in [0.717, 1.165) is 12.0 Å². The van der Waals surface area contributed by atoms with Crippen molar-refractivity contribution in [2.45, 2.75) is 6.42 Å². The van der Waals surface area contributed by atoms with Crippen LogP contribution in [0.5, 0.6) is 0 Å². The number of aromatic nitrogens is 1. The van der Waals surface area contributed by atoms with Crippen LogP contribution in [0, 0.1) is 0 Å². The van der Waals surface area contributed by atoms with Gasteiger partial charge in [-0.15, -0.1) is 0 Å². The summed E-state index contributed by atoms with van der Waals surface area (Å²) in [6, 6.07) is 8.80. The van der Waals surface area contributed by atoms with Crippen LogP contribution in [0.4, 0.5) is 5.69 Å². The van der Waals surface area contributed by atoms with Gasteiger partial charge in [0.1, 0.15) is 0 Å². The largest absolute Gasteiger partial charge is 0.399 e. The third-order valence-electron chi connectivity index (χ3n) is 3.06. The Morgan fingerprint density at radius 3 is 2.65 bits per heavy atom. The summed E-state index contributed by atoms with van der Waals surface area (Å²) in [7, 11) is 1.76. The summed E-state index contributed by atoms with van der Waals surface area (Å²) in [5.74, 6) is -0.107. The van der Waals surface area contributed by atoms with Crippen LogP contribution in [0.15, 0.2) is 42.7 Å². The first-order valence-electron chi connectivity index (χ1n) is 6.27. The molecule has 20 heavy (non-hydrogen) atoms. The summed E-state index contributed by atoms with van der Waals surface area (Å²) in [6.07, 6.45) is 4.26. The molecule has 0 aliphatic heterocycles. The number of rotatable bonds is 4. The van der Waals surface area contributed by atoms with E-state index >= 15 is 0 Å². The molecule has 1 aromatic carbocycles. The fourth-order valence-electron chi connectivity index (χ4n) is 1.86. The van der Waals surface area contributed by atoms with Gasteiger partial charge in [0, 0.05) is 31.7 Å². The molecule has 2 N–H and O–H groups in total. The van der Waals surface area contributed by atoms with Crippen molar-refractivity contribution in [1.82, 2.24) is 9.88 Å². The predicted octanol–water partition coefficient (Wildman–Crippen LogP) is 2.63. The Morgan fingerprint density at radius 2 is 2.00 bits per heavy atom. The van der Waals surface area contributed by atoms with Gasteiger partial charge in [-0.05, 0) is 42.3 Å². The molecule has 0 aliphatic rings. The first-order chi connectivity index (χ1) is 9.58. The highest BCUT2D eigenvalue weighted by atomic mass is 35.5. The highest BCUT2D eigenvalue weighted by Crippen LogP contribution is 2.20. The van der Waals surface area contributed by atoms with Crippen molar-refractivity contribution in [3.8, 4) is 0 Å². The number of likely N-dealkylation sites (N-methyl/N-ethyl adjacent to an activating group) is 1. The Kier molecular flexibility index (Phi) is 4.58. The monoisotopic (exact) mass is 289 g/mol. The molecule has 1 aromatic heterocycles. The van der Waals surface area contributed by atoms with Crippen LogP contribution in [-0.4, -0.2) is 29.4 Å². The molecule has 0 saturated carbocycles. The average Bonchev–Trinajstić information content (AvgIpc) is 2.45. The van der Waals surface area contributed by atoms with Crippen molar-refractivity contribution in [2.75, 3.05) is 19.3 Å². The van der Waals surface area contributed by atoms with Gasteiger partial charge in [0.15, 0.2) is 0 Å². The quantitative estimate of drug-likeness (QED) is 0.880. The molecule has 0 bridgehead atoms. The summed E-state index contributed by atoms with van der Waals surface area (Å²) < 4.78 is 0. The third-order valence-corrected chi connectivity index (χ3v) is 3.37. The van der Waals surface area contributed by atoms with E-state index in [2.05, 4.69) is 4.98 Å². The Bertz CT molecular complexity index is 601. The van der Waals surface area contributed by atoms with E-state index in [0.29, 0.717) is 22.8 Å². The molecule has 2 rings (SSSR count). The van der Waals surface area contributed by atoms with Crippen LogP contribution in [-0.2, 0) is 6.42 Å². The molecule has 0 spiro atoms. The molecule has 5 heteroatoms. The summed E-state index contributed by atoms with van der Waals surface area (Å²) in [5.41, 5.74) is 7.78. The number of carbonyl (C=O) groups is 1. The first-order valence-corrected chi connectivity index (χ1v) is 6.65. The zero-order valence-corrected chi connectivity index (χ0v) is 12.0. The molecule has 0 fully saturated rings. The van der Waals surface area contributed by atoms with E-state index in [1.165, 1.54) is 0 Å². The van der Waals surface area contributed by atoms with E-state index in [1.54, 1.807) is 42.5 Å². The fraction of sp³-hybridized carbons (Fsp3) is 0.200. The third kappa shape index (κ3) is 3.48. The smallest absolute Gasteiger partial charge is 0.255 e. The fourth-order valence-corrected chi connectivity index (χ4v) is 2.13. The summed E-state index contributed by atoms with van der Waals surface area (Å²) >= 11 is 6.05. The minimum absolute atomic E-state index is 0.107. The Morgan fingerprint density at radius 1 is 1.30 bits per heavy atom. The number of carbonyl (C=O) groups excluding carboxylic acids is 1. The molecule has 0 aliphatic carbocycles. The summed E-state index contributed by atoms with van der Waals surface area (Å²) in [5, 5.41) is 0.380. The van der Waals surface area contributed by atoms with Crippen molar-refractivity contribution in [1.29, 1.82) is 0 Å². The number of pyridine rings is 1. The number of amides is 1. The maximum Gasteiger partial charge on any atom is 0.255 e. The molecule has 1 heterocycles. The van der Waals surface area contributed by atoms with Crippen LogP contribution in [0.25, 0.3) is 0 Å². The zero-order valence-electron chi connectivity index (χ0n) is 11.2. The van der Waals surface area contributed by atoms with E-state index in [-0.39, 0.29) is 5.91 Å². The van der Waals surface area contributed by atoms with E-state index in [4.69, 9.17) is 17.3 Å². The lowest BCUT2D eigenvalue weighted by Crippen LogP contribution is -2.29. The average molecular weight is 290 g/mol. The second kappa shape index (κ2) is 6.39. The Balaban J connectivity index is 2.01. The molecular weight excluding hydrogens is 274 g/mol. The topological polar surface area (TPSA) is 59.2 Å². The number of nitrogens with two attached hydrogens (primary N) is 1. The van der Waals surface area contributed by atoms with Gasteiger partial charge in [0.05, 0.1) is 10.6 Å². The molecule has 0 atom stereocenters. The van der Waals surface area contributed by atoms with Gasteiger partial charge in [0.25, 0.3) is 5.91 Å². The highest BCUT2D eigenvalue weighted by Gasteiger charge is 2.15. The number of hydrogen-bond acceptors (Lipinski definition) is 3. The van der Waals surface area contributed by atoms with Crippen molar-refractivity contribution in [3.63, 3.8) is 0 Å². The molecular formula is C15H16ClN3O. The maximum atomic E-state index is 12.3. The zero-order chi connectivity index (χ0) is 14.5. The highest BCUT2D eigenvalue weighted by molar-refractivity contribution is 6.34. The second-order valence-corrected chi connectivity index (χ2v) is 4.98. The van der Waals surface area contributed by atoms with Gasteiger partial charge >= 0.3 is 0 Å². The van der Waals surface area contributed by atoms with Crippen LogP contribution < -0.4 is 5.73 Å². The van der Waals surface area contributed by atoms with Crippen molar-refractivity contribution in [2.24, 2.45) is 0 Å². The van der Waals surface area contributed by atoms with Gasteiger partial charge in [-0.3, -0.25) is 9.78 Å². The first kappa shape index (κ1) is 14.3. The van der Waals surface area contributed by atoms with E-state index in [1.807, 2.05) is 12.1 Å². The second-order valence-electron chi connectivity index (χ2n) is 4.57.